The molecule has 33 heavy (non-hydrogen) atoms. The summed E-state index contributed by atoms with van der Waals surface area (Å²) < 4.78 is 38.3. The predicted octanol–water partition coefficient (Wildman–Crippen LogP) is 3.09. The molecule has 8 nitrogen and oxygen atoms in total. The summed E-state index contributed by atoms with van der Waals surface area (Å²) in [7, 11) is -1.60. The molecule has 2 aromatic carbocycles. The zero-order chi connectivity index (χ0) is 23.4. The van der Waals surface area contributed by atoms with E-state index >= 15 is 0 Å². The molecule has 2 aliphatic rings. The van der Waals surface area contributed by atoms with Gasteiger partial charge in [0.1, 0.15) is 13.2 Å². The van der Waals surface area contributed by atoms with E-state index in [0.717, 1.165) is 36.3 Å². The minimum absolute atomic E-state index is 0.165. The van der Waals surface area contributed by atoms with E-state index < -0.39 is 16.1 Å². The summed E-state index contributed by atoms with van der Waals surface area (Å²) in [4.78, 5) is 15.0. The number of carbonyl (C=O) groups excluding carboxylic acids is 1. The fraction of sp³-hybridized carbons (Fsp3) is 0.458. The van der Waals surface area contributed by atoms with Gasteiger partial charge in [-0.05, 0) is 68.8 Å². The lowest BCUT2D eigenvalue weighted by atomic mass is 10.1. The molecule has 0 aromatic heterocycles. The third-order valence-electron chi connectivity index (χ3n) is 6.15. The second-order valence-electron chi connectivity index (χ2n) is 8.55. The maximum atomic E-state index is 12.8. The van der Waals surface area contributed by atoms with E-state index in [4.69, 9.17) is 9.47 Å². The summed E-state index contributed by atoms with van der Waals surface area (Å²) in [5.74, 6) is 1.30. The average molecular weight is 474 g/mol. The van der Waals surface area contributed by atoms with E-state index in [1.54, 1.807) is 28.6 Å². The molecule has 1 atom stereocenters. The Balaban J connectivity index is 1.35. The summed E-state index contributed by atoms with van der Waals surface area (Å²) in [6.45, 7) is 4.61. The molecule has 0 radical (unpaired) electrons. The molecule has 1 unspecified atom stereocenters. The number of likely N-dealkylation sites (N-methyl/N-ethyl adjacent to an activating group) is 1. The van der Waals surface area contributed by atoms with E-state index in [1.807, 2.05) is 37.1 Å². The van der Waals surface area contributed by atoms with Crippen LogP contribution >= 0.6 is 0 Å². The van der Waals surface area contributed by atoms with Gasteiger partial charge in [-0.25, -0.2) is 8.42 Å². The zero-order valence-electron chi connectivity index (χ0n) is 19.1. The van der Waals surface area contributed by atoms with Crippen molar-refractivity contribution in [2.45, 2.75) is 43.7 Å². The summed E-state index contributed by atoms with van der Waals surface area (Å²) >= 11 is 0. The molecule has 2 aromatic rings. The second kappa shape index (κ2) is 10.1. The van der Waals surface area contributed by atoms with Gasteiger partial charge in [-0.3, -0.25) is 9.69 Å². The van der Waals surface area contributed by atoms with Gasteiger partial charge in [0, 0.05) is 25.3 Å². The number of ether oxygens (including phenoxy) is 2. The number of hydrogen-bond acceptors (Lipinski definition) is 6. The first-order chi connectivity index (χ1) is 15.8. The van der Waals surface area contributed by atoms with Crippen LogP contribution in [0.25, 0.3) is 0 Å². The third kappa shape index (κ3) is 5.48. The van der Waals surface area contributed by atoms with Gasteiger partial charge in [0.25, 0.3) is 0 Å². The average Bonchev–Trinajstić information content (AvgIpc) is 2.84. The Labute approximate surface area is 195 Å². The normalized spacial score (nSPS) is 17.5. The highest BCUT2D eigenvalue weighted by Crippen LogP contribution is 2.31. The van der Waals surface area contributed by atoms with Crippen LogP contribution in [0.4, 0.5) is 5.69 Å². The van der Waals surface area contributed by atoms with Gasteiger partial charge in [-0.15, -0.1) is 0 Å². The van der Waals surface area contributed by atoms with Gasteiger partial charge >= 0.3 is 0 Å². The van der Waals surface area contributed by atoms with Crippen molar-refractivity contribution in [3.63, 3.8) is 0 Å². The summed E-state index contributed by atoms with van der Waals surface area (Å²) in [5.41, 5.74) is 1.59. The van der Waals surface area contributed by atoms with Gasteiger partial charge in [0.05, 0.1) is 10.9 Å². The van der Waals surface area contributed by atoms with E-state index in [0.29, 0.717) is 38.5 Å². The predicted molar refractivity (Wildman–Crippen MR) is 126 cm³/mol. The highest BCUT2D eigenvalue weighted by molar-refractivity contribution is 7.89. The van der Waals surface area contributed by atoms with Crippen LogP contribution in [0, 0.1) is 0 Å². The molecular formula is C24H31N3O5S. The van der Waals surface area contributed by atoms with Gasteiger partial charge in [-0.1, -0.05) is 12.5 Å². The highest BCUT2D eigenvalue weighted by Gasteiger charge is 2.26. The number of carbonyl (C=O) groups is 1. The first-order valence-electron chi connectivity index (χ1n) is 11.3. The van der Waals surface area contributed by atoms with E-state index in [1.165, 1.54) is 0 Å². The number of nitrogens with zero attached hydrogens (tertiary/aromatic N) is 2. The molecule has 2 heterocycles. The van der Waals surface area contributed by atoms with Crippen LogP contribution < -0.4 is 14.8 Å². The van der Waals surface area contributed by atoms with Crippen LogP contribution in [0.1, 0.15) is 31.7 Å². The number of amides is 1. The number of anilines is 1. The fourth-order valence-corrected chi connectivity index (χ4v) is 5.54. The Morgan fingerprint density at radius 3 is 2.39 bits per heavy atom. The quantitative estimate of drug-likeness (QED) is 0.665. The Morgan fingerprint density at radius 1 is 1.03 bits per heavy atom. The lowest BCUT2D eigenvalue weighted by molar-refractivity contribution is -0.120. The van der Waals surface area contributed by atoms with Crippen molar-refractivity contribution in [3.8, 4) is 11.5 Å². The maximum Gasteiger partial charge on any atom is 0.243 e. The van der Waals surface area contributed by atoms with Gasteiger partial charge in [0.2, 0.25) is 15.9 Å². The van der Waals surface area contributed by atoms with Crippen molar-refractivity contribution in [1.82, 2.24) is 9.21 Å². The molecule has 0 saturated carbocycles. The number of nitrogens with one attached hydrogen (secondary N) is 1. The number of rotatable bonds is 7. The van der Waals surface area contributed by atoms with E-state index in [2.05, 4.69) is 5.32 Å². The molecule has 1 saturated heterocycles. The lowest BCUT2D eigenvalue weighted by Crippen LogP contribution is -2.39. The summed E-state index contributed by atoms with van der Waals surface area (Å²) in [6, 6.07) is 11.8. The molecule has 0 aliphatic carbocycles. The molecule has 4 rings (SSSR count). The number of piperidine rings is 1. The van der Waals surface area contributed by atoms with E-state index in [-0.39, 0.29) is 10.8 Å². The van der Waals surface area contributed by atoms with Crippen LogP contribution in [0.15, 0.2) is 47.4 Å². The SMILES string of the molecule is CC(C(=O)Nc1ccc(S(=O)(=O)N2CCCCC2)cc1)N(C)Cc1ccc2c(c1)OCCO2. The molecule has 0 spiro atoms. The van der Waals surface area contributed by atoms with Gasteiger partial charge < -0.3 is 14.8 Å². The molecule has 2 aliphatic heterocycles. The molecule has 1 N–H and O–H groups in total. The topological polar surface area (TPSA) is 88.2 Å². The molecular weight excluding hydrogens is 442 g/mol. The Morgan fingerprint density at radius 2 is 1.70 bits per heavy atom. The first-order valence-corrected chi connectivity index (χ1v) is 12.8. The molecule has 1 fully saturated rings. The number of fused-ring (bicyclic) bond motifs is 1. The Bertz CT molecular complexity index is 1080. The molecule has 0 bridgehead atoms. The largest absolute Gasteiger partial charge is 0.486 e. The van der Waals surface area contributed by atoms with Gasteiger partial charge in [0.15, 0.2) is 11.5 Å². The van der Waals surface area contributed by atoms with Gasteiger partial charge in [-0.2, -0.15) is 4.31 Å². The second-order valence-corrected chi connectivity index (χ2v) is 10.5. The first kappa shape index (κ1) is 23.5. The Kier molecular flexibility index (Phi) is 7.21. The highest BCUT2D eigenvalue weighted by atomic mass is 32.2. The van der Waals surface area contributed by atoms with Crippen molar-refractivity contribution >= 4 is 21.6 Å². The van der Waals surface area contributed by atoms with Crippen LogP contribution in [-0.2, 0) is 21.4 Å². The standard InChI is InChI=1S/C24H31N3O5S/c1-18(26(2)17-19-6-11-22-23(16-19)32-15-14-31-22)24(28)25-20-7-9-21(10-8-20)33(29,30)27-12-4-3-5-13-27/h6-11,16,18H,3-5,12-15,17H2,1-2H3,(H,25,28). The number of sulfonamides is 1. The molecule has 9 heteroatoms. The zero-order valence-corrected chi connectivity index (χ0v) is 19.9. The van der Waals surface area contributed by atoms with Crippen LogP contribution in [0.3, 0.4) is 0 Å². The van der Waals surface area contributed by atoms with E-state index in [9.17, 15) is 13.2 Å². The number of hydrogen-bond donors (Lipinski definition) is 1. The minimum atomic E-state index is -3.49. The summed E-state index contributed by atoms with van der Waals surface area (Å²) in [6.07, 6.45) is 2.86. The Hall–Kier alpha value is -2.62. The van der Waals surface area contributed by atoms with Crippen molar-refractivity contribution in [2.24, 2.45) is 0 Å². The van der Waals surface area contributed by atoms with Crippen LogP contribution in [0.2, 0.25) is 0 Å². The van der Waals surface area contributed by atoms with Crippen molar-refractivity contribution in [3.05, 3.63) is 48.0 Å². The minimum Gasteiger partial charge on any atom is -0.486 e. The lowest BCUT2D eigenvalue weighted by Gasteiger charge is -2.26. The maximum absolute atomic E-state index is 12.8. The smallest absolute Gasteiger partial charge is 0.243 e. The van der Waals surface area contributed by atoms with Crippen molar-refractivity contribution in [2.75, 3.05) is 38.7 Å². The molecule has 178 valence electrons. The third-order valence-corrected chi connectivity index (χ3v) is 8.07. The number of benzene rings is 2. The fourth-order valence-electron chi connectivity index (χ4n) is 4.02. The van der Waals surface area contributed by atoms with Crippen molar-refractivity contribution in [1.29, 1.82) is 0 Å². The van der Waals surface area contributed by atoms with Crippen LogP contribution in [0.5, 0.6) is 11.5 Å². The molecule has 1 amide bonds. The van der Waals surface area contributed by atoms with Crippen molar-refractivity contribution < 1.29 is 22.7 Å². The van der Waals surface area contributed by atoms with Crippen LogP contribution in [-0.4, -0.2) is 62.9 Å². The monoisotopic (exact) mass is 473 g/mol. The summed E-state index contributed by atoms with van der Waals surface area (Å²) in [5, 5.41) is 2.88.